The van der Waals surface area contributed by atoms with Gasteiger partial charge in [0.15, 0.2) is 0 Å². The van der Waals surface area contributed by atoms with E-state index in [4.69, 9.17) is 9.47 Å². The predicted octanol–water partition coefficient (Wildman–Crippen LogP) is 3.93. The number of ether oxygens (including phenoxy) is 2. The predicted molar refractivity (Wildman–Crippen MR) is 115 cm³/mol. The standard InChI is InChI=1S/C22H27N3O5/c1-14(26)24-18-12-17(10-11-19(18)29-5)25-20(27)16-8-6-15(7-9-16)13-23-21(28)30-22(2,3)4/h6-12H,13H2,1-5H3,(H,23,28)(H,24,26)(H,25,27). The minimum absolute atomic E-state index is 0.243. The monoisotopic (exact) mass is 413 g/mol. The highest BCUT2D eigenvalue weighted by atomic mass is 16.6. The molecule has 0 atom stereocenters. The van der Waals surface area contributed by atoms with Crippen LogP contribution in [0, 0.1) is 0 Å². The lowest BCUT2D eigenvalue weighted by molar-refractivity contribution is -0.114. The second kappa shape index (κ2) is 9.78. The van der Waals surface area contributed by atoms with Crippen LogP contribution in [0.1, 0.15) is 43.6 Å². The molecular weight excluding hydrogens is 386 g/mol. The van der Waals surface area contributed by atoms with Crippen molar-refractivity contribution in [1.82, 2.24) is 5.32 Å². The van der Waals surface area contributed by atoms with Crippen molar-refractivity contribution in [2.24, 2.45) is 0 Å². The van der Waals surface area contributed by atoms with Crippen molar-refractivity contribution in [3.8, 4) is 5.75 Å². The van der Waals surface area contributed by atoms with E-state index in [2.05, 4.69) is 16.0 Å². The summed E-state index contributed by atoms with van der Waals surface area (Å²) in [4.78, 5) is 35.6. The number of carbonyl (C=O) groups excluding carboxylic acids is 3. The second-order valence-electron chi connectivity index (χ2n) is 7.60. The largest absolute Gasteiger partial charge is 0.495 e. The number of alkyl carbamates (subject to hydrolysis) is 1. The maximum absolute atomic E-state index is 12.5. The molecule has 0 saturated heterocycles. The minimum Gasteiger partial charge on any atom is -0.495 e. The molecule has 0 aliphatic rings. The quantitative estimate of drug-likeness (QED) is 0.665. The summed E-state index contributed by atoms with van der Waals surface area (Å²) in [7, 11) is 1.50. The van der Waals surface area contributed by atoms with Gasteiger partial charge in [0, 0.05) is 24.7 Å². The molecule has 2 rings (SSSR count). The SMILES string of the molecule is COc1ccc(NC(=O)c2ccc(CNC(=O)OC(C)(C)C)cc2)cc1NC(C)=O. The minimum atomic E-state index is -0.562. The van der Waals surface area contributed by atoms with Crippen LogP contribution in [-0.4, -0.2) is 30.6 Å². The van der Waals surface area contributed by atoms with Gasteiger partial charge < -0.3 is 25.4 Å². The summed E-state index contributed by atoms with van der Waals surface area (Å²) < 4.78 is 10.4. The van der Waals surface area contributed by atoms with E-state index in [-0.39, 0.29) is 18.4 Å². The van der Waals surface area contributed by atoms with Crippen LogP contribution in [-0.2, 0) is 16.1 Å². The summed E-state index contributed by atoms with van der Waals surface area (Å²) in [5.74, 6) is -0.0574. The van der Waals surface area contributed by atoms with Crippen molar-refractivity contribution >= 4 is 29.3 Å². The number of hydrogen-bond acceptors (Lipinski definition) is 5. The average Bonchev–Trinajstić information content (AvgIpc) is 2.65. The molecule has 0 spiro atoms. The van der Waals surface area contributed by atoms with Gasteiger partial charge in [0.05, 0.1) is 12.8 Å². The van der Waals surface area contributed by atoms with E-state index in [1.807, 2.05) is 0 Å². The van der Waals surface area contributed by atoms with E-state index >= 15 is 0 Å². The van der Waals surface area contributed by atoms with E-state index in [9.17, 15) is 14.4 Å². The van der Waals surface area contributed by atoms with Crippen LogP contribution >= 0.6 is 0 Å². The topological polar surface area (TPSA) is 106 Å². The summed E-state index contributed by atoms with van der Waals surface area (Å²) >= 11 is 0. The third kappa shape index (κ3) is 7.12. The summed E-state index contributed by atoms with van der Waals surface area (Å²) in [6.45, 7) is 7.06. The van der Waals surface area contributed by atoms with Crippen molar-refractivity contribution < 1.29 is 23.9 Å². The van der Waals surface area contributed by atoms with Crippen LogP contribution < -0.4 is 20.7 Å². The third-order valence-electron chi connectivity index (χ3n) is 3.82. The fraction of sp³-hybridized carbons (Fsp3) is 0.318. The molecule has 2 aromatic carbocycles. The number of carbonyl (C=O) groups is 3. The number of rotatable bonds is 6. The molecule has 0 fully saturated rings. The molecular formula is C22H27N3O5. The van der Waals surface area contributed by atoms with Crippen LogP contribution in [0.5, 0.6) is 5.75 Å². The van der Waals surface area contributed by atoms with Crippen LogP contribution in [0.25, 0.3) is 0 Å². The van der Waals surface area contributed by atoms with E-state index in [0.29, 0.717) is 22.7 Å². The first-order valence-electron chi connectivity index (χ1n) is 9.40. The first kappa shape index (κ1) is 22.7. The van der Waals surface area contributed by atoms with Crippen molar-refractivity contribution in [2.45, 2.75) is 39.8 Å². The summed E-state index contributed by atoms with van der Waals surface area (Å²) in [5.41, 5.74) is 1.70. The Bertz CT molecular complexity index is 917. The fourth-order valence-corrected chi connectivity index (χ4v) is 2.54. The Morgan fingerprint density at radius 1 is 0.967 bits per heavy atom. The summed E-state index contributed by atoms with van der Waals surface area (Å²) in [6, 6.07) is 11.8. The number of benzene rings is 2. The van der Waals surface area contributed by atoms with Gasteiger partial charge in [0.25, 0.3) is 5.91 Å². The Hall–Kier alpha value is -3.55. The molecule has 160 valence electrons. The average molecular weight is 413 g/mol. The van der Waals surface area contributed by atoms with Crippen molar-refractivity contribution in [1.29, 1.82) is 0 Å². The zero-order valence-electron chi connectivity index (χ0n) is 17.8. The van der Waals surface area contributed by atoms with E-state index in [1.54, 1.807) is 63.2 Å². The fourth-order valence-electron chi connectivity index (χ4n) is 2.54. The highest BCUT2D eigenvalue weighted by Gasteiger charge is 2.16. The Labute approximate surface area is 175 Å². The number of anilines is 2. The molecule has 0 heterocycles. The number of hydrogen-bond donors (Lipinski definition) is 3. The van der Waals surface area contributed by atoms with E-state index in [0.717, 1.165) is 5.56 Å². The van der Waals surface area contributed by atoms with Gasteiger partial charge in [0.2, 0.25) is 5.91 Å². The number of methoxy groups -OCH3 is 1. The zero-order chi connectivity index (χ0) is 22.3. The van der Waals surface area contributed by atoms with Gasteiger partial charge in [-0.05, 0) is 56.7 Å². The second-order valence-corrected chi connectivity index (χ2v) is 7.60. The first-order valence-corrected chi connectivity index (χ1v) is 9.40. The molecule has 3 amide bonds. The van der Waals surface area contributed by atoms with Crippen molar-refractivity contribution in [3.05, 3.63) is 53.6 Å². The zero-order valence-corrected chi connectivity index (χ0v) is 17.8. The molecule has 2 aromatic rings. The van der Waals surface area contributed by atoms with Gasteiger partial charge >= 0.3 is 6.09 Å². The Morgan fingerprint density at radius 3 is 2.20 bits per heavy atom. The smallest absolute Gasteiger partial charge is 0.407 e. The van der Waals surface area contributed by atoms with Crippen LogP contribution in [0.3, 0.4) is 0 Å². The van der Waals surface area contributed by atoms with E-state index < -0.39 is 11.7 Å². The molecule has 0 bridgehead atoms. The molecule has 0 unspecified atom stereocenters. The Kier molecular flexibility index (Phi) is 7.41. The van der Waals surface area contributed by atoms with Crippen molar-refractivity contribution in [2.75, 3.05) is 17.7 Å². The maximum atomic E-state index is 12.5. The van der Waals surface area contributed by atoms with Crippen LogP contribution in [0.4, 0.5) is 16.2 Å². The molecule has 0 aromatic heterocycles. The molecule has 0 aliphatic heterocycles. The number of nitrogens with one attached hydrogen (secondary N) is 3. The lowest BCUT2D eigenvalue weighted by Crippen LogP contribution is -2.32. The van der Waals surface area contributed by atoms with Gasteiger partial charge in [-0.3, -0.25) is 9.59 Å². The molecule has 3 N–H and O–H groups in total. The Morgan fingerprint density at radius 2 is 1.63 bits per heavy atom. The Balaban J connectivity index is 1.99. The van der Waals surface area contributed by atoms with Crippen LogP contribution in [0.15, 0.2) is 42.5 Å². The third-order valence-corrected chi connectivity index (χ3v) is 3.82. The highest BCUT2D eigenvalue weighted by Crippen LogP contribution is 2.28. The molecule has 8 nitrogen and oxygen atoms in total. The summed E-state index contributed by atoms with van der Waals surface area (Å²) in [6.07, 6.45) is -0.501. The van der Waals surface area contributed by atoms with Crippen LogP contribution in [0.2, 0.25) is 0 Å². The van der Waals surface area contributed by atoms with Gasteiger partial charge in [0.1, 0.15) is 11.4 Å². The first-order chi connectivity index (χ1) is 14.1. The maximum Gasteiger partial charge on any atom is 0.407 e. The summed E-state index contributed by atoms with van der Waals surface area (Å²) in [5, 5.41) is 8.11. The lowest BCUT2D eigenvalue weighted by atomic mass is 10.1. The van der Waals surface area contributed by atoms with Gasteiger partial charge in [-0.2, -0.15) is 0 Å². The molecule has 8 heteroatoms. The van der Waals surface area contributed by atoms with Crippen molar-refractivity contribution in [3.63, 3.8) is 0 Å². The number of amides is 3. The molecule has 0 saturated carbocycles. The van der Waals surface area contributed by atoms with Gasteiger partial charge in [-0.25, -0.2) is 4.79 Å². The van der Waals surface area contributed by atoms with Gasteiger partial charge in [-0.1, -0.05) is 12.1 Å². The normalized spacial score (nSPS) is 10.7. The molecule has 0 aliphatic carbocycles. The van der Waals surface area contributed by atoms with E-state index in [1.165, 1.54) is 14.0 Å². The molecule has 0 radical (unpaired) electrons. The lowest BCUT2D eigenvalue weighted by Gasteiger charge is -2.19. The molecule has 30 heavy (non-hydrogen) atoms. The highest BCUT2D eigenvalue weighted by molar-refractivity contribution is 6.04. The van der Waals surface area contributed by atoms with Gasteiger partial charge in [-0.15, -0.1) is 0 Å².